The minimum absolute atomic E-state index is 0.184. The number of carbonyl (C=O) groups is 2. The van der Waals surface area contributed by atoms with Crippen LogP contribution in [0.25, 0.3) is 0 Å². The zero-order valence-electron chi connectivity index (χ0n) is 15.3. The lowest BCUT2D eigenvalue weighted by atomic mass is 9.83. The second-order valence-electron chi connectivity index (χ2n) is 7.47. The molecule has 1 amide bonds. The van der Waals surface area contributed by atoms with Crippen LogP contribution < -0.4 is 0 Å². The maximum absolute atomic E-state index is 13.0. The van der Waals surface area contributed by atoms with Gasteiger partial charge in [0.15, 0.2) is 11.5 Å². The number of hydrogen-bond donors (Lipinski definition) is 1. The number of aryl methyl sites for hydroxylation is 1. The van der Waals surface area contributed by atoms with Crippen LogP contribution in [-0.2, 0) is 16.1 Å². The fourth-order valence-corrected chi connectivity index (χ4v) is 4.10. The number of rotatable bonds is 4. The standard InChI is InChI=1S/C20H22N2O3S/c1-12-8-10-26-17(12)15-14(18(24)20(2,3)4)16(23)19(25)22(15)11-13-7-5-6-9-21-13/h5-10,15,23H,11H2,1-4H3. The molecule has 1 aliphatic rings. The molecule has 1 unspecified atom stereocenters. The van der Waals surface area contributed by atoms with Crippen LogP contribution >= 0.6 is 11.3 Å². The van der Waals surface area contributed by atoms with E-state index in [1.165, 1.54) is 16.2 Å². The Bertz CT molecular complexity index is 878. The van der Waals surface area contributed by atoms with Gasteiger partial charge in [-0.25, -0.2) is 0 Å². The van der Waals surface area contributed by atoms with Crippen LogP contribution in [0.4, 0.5) is 0 Å². The molecule has 0 spiro atoms. The normalized spacial score (nSPS) is 17.9. The highest BCUT2D eigenvalue weighted by Crippen LogP contribution is 2.44. The fourth-order valence-electron chi connectivity index (χ4n) is 3.06. The molecule has 1 atom stereocenters. The summed E-state index contributed by atoms with van der Waals surface area (Å²) in [5, 5.41) is 12.5. The number of ketones is 1. The Balaban J connectivity index is 2.10. The van der Waals surface area contributed by atoms with Gasteiger partial charge in [-0.05, 0) is 36.1 Å². The van der Waals surface area contributed by atoms with Crippen molar-refractivity contribution in [2.45, 2.75) is 40.3 Å². The van der Waals surface area contributed by atoms with E-state index in [1.807, 2.05) is 30.5 Å². The highest BCUT2D eigenvalue weighted by Gasteiger charge is 2.46. The minimum atomic E-state index is -0.700. The Hall–Kier alpha value is -2.47. The highest BCUT2D eigenvalue weighted by molar-refractivity contribution is 7.10. The van der Waals surface area contributed by atoms with Crippen molar-refractivity contribution >= 4 is 23.0 Å². The van der Waals surface area contributed by atoms with Crippen molar-refractivity contribution in [1.82, 2.24) is 9.88 Å². The summed E-state index contributed by atoms with van der Waals surface area (Å²) in [5.74, 6) is -1.19. The molecule has 2 aromatic rings. The predicted octanol–water partition coefficient (Wildman–Crippen LogP) is 3.96. The van der Waals surface area contributed by atoms with Crippen molar-refractivity contribution in [1.29, 1.82) is 0 Å². The molecular weight excluding hydrogens is 348 g/mol. The molecule has 2 aromatic heterocycles. The van der Waals surface area contributed by atoms with E-state index in [4.69, 9.17) is 0 Å². The SMILES string of the molecule is Cc1ccsc1C1C(C(=O)C(C)(C)C)=C(O)C(=O)N1Cc1ccccn1. The van der Waals surface area contributed by atoms with Crippen LogP contribution in [0.3, 0.4) is 0 Å². The first-order chi connectivity index (χ1) is 12.2. The summed E-state index contributed by atoms with van der Waals surface area (Å²) in [6.45, 7) is 7.55. The third-order valence-corrected chi connectivity index (χ3v) is 5.51. The molecule has 5 nitrogen and oxygen atoms in total. The van der Waals surface area contributed by atoms with Gasteiger partial charge in [-0.1, -0.05) is 26.8 Å². The Morgan fingerprint density at radius 1 is 1.31 bits per heavy atom. The number of hydrogen-bond acceptors (Lipinski definition) is 5. The molecule has 136 valence electrons. The second-order valence-corrected chi connectivity index (χ2v) is 8.41. The quantitative estimate of drug-likeness (QED) is 0.884. The number of Topliss-reactive ketones (excluding diaryl/α,β-unsaturated/α-hetero) is 1. The summed E-state index contributed by atoms with van der Waals surface area (Å²) in [5.41, 5.74) is 1.18. The Labute approximate surface area is 157 Å². The topological polar surface area (TPSA) is 70.5 Å². The first-order valence-corrected chi connectivity index (χ1v) is 9.32. The molecule has 3 heterocycles. The van der Waals surface area contributed by atoms with Crippen LogP contribution in [0.2, 0.25) is 0 Å². The van der Waals surface area contributed by atoms with Crippen molar-refractivity contribution in [3.05, 3.63) is 63.3 Å². The molecule has 26 heavy (non-hydrogen) atoms. The van der Waals surface area contributed by atoms with E-state index in [1.54, 1.807) is 33.0 Å². The summed E-state index contributed by atoms with van der Waals surface area (Å²) in [6, 6.07) is 6.85. The molecule has 0 saturated carbocycles. The lowest BCUT2D eigenvalue weighted by Gasteiger charge is -2.28. The van der Waals surface area contributed by atoms with Gasteiger partial charge in [0.05, 0.1) is 23.9 Å². The van der Waals surface area contributed by atoms with Gasteiger partial charge in [-0.15, -0.1) is 11.3 Å². The van der Waals surface area contributed by atoms with Gasteiger partial charge in [0.25, 0.3) is 5.91 Å². The fraction of sp³-hybridized carbons (Fsp3) is 0.350. The smallest absolute Gasteiger partial charge is 0.290 e. The van der Waals surface area contributed by atoms with Crippen LogP contribution in [0.1, 0.15) is 42.9 Å². The second kappa shape index (κ2) is 6.68. The number of nitrogens with zero attached hydrogens (tertiary/aromatic N) is 2. The summed E-state index contributed by atoms with van der Waals surface area (Å²) >= 11 is 1.49. The molecule has 0 fully saturated rings. The van der Waals surface area contributed by atoms with Crippen molar-refractivity contribution in [2.24, 2.45) is 5.41 Å². The zero-order chi connectivity index (χ0) is 19.1. The summed E-state index contributed by atoms with van der Waals surface area (Å²) in [6.07, 6.45) is 1.66. The largest absolute Gasteiger partial charge is 0.503 e. The third-order valence-electron chi connectivity index (χ3n) is 4.44. The first-order valence-electron chi connectivity index (χ1n) is 8.44. The molecule has 0 aromatic carbocycles. The average molecular weight is 370 g/mol. The molecule has 0 aliphatic carbocycles. The summed E-state index contributed by atoms with van der Waals surface area (Å²) in [4.78, 5) is 32.6. The van der Waals surface area contributed by atoms with E-state index in [0.717, 1.165) is 10.4 Å². The van der Waals surface area contributed by atoms with E-state index in [2.05, 4.69) is 4.98 Å². The lowest BCUT2D eigenvalue weighted by molar-refractivity contribution is -0.130. The molecular formula is C20H22N2O3S. The molecule has 0 bridgehead atoms. The van der Waals surface area contributed by atoms with Gasteiger partial charge < -0.3 is 10.0 Å². The van der Waals surface area contributed by atoms with E-state index < -0.39 is 23.1 Å². The van der Waals surface area contributed by atoms with Gasteiger partial charge in [0, 0.05) is 16.5 Å². The molecule has 0 saturated heterocycles. The number of thiophene rings is 1. The Morgan fingerprint density at radius 3 is 2.58 bits per heavy atom. The maximum Gasteiger partial charge on any atom is 0.290 e. The van der Waals surface area contributed by atoms with Crippen LogP contribution in [0, 0.1) is 12.3 Å². The van der Waals surface area contributed by atoms with Crippen molar-refractivity contribution in [3.8, 4) is 0 Å². The zero-order valence-corrected chi connectivity index (χ0v) is 16.1. The molecule has 0 radical (unpaired) electrons. The third kappa shape index (κ3) is 3.17. The number of aromatic nitrogens is 1. The monoisotopic (exact) mass is 370 g/mol. The molecule has 6 heteroatoms. The van der Waals surface area contributed by atoms with Crippen LogP contribution in [0.5, 0.6) is 0 Å². The minimum Gasteiger partial charge on any atom is -0.503 e. The Kier molecular flexibility index (Phi) is 4.71. The highest BCUT2D eigenvalue weighted by atomic mass is 32.1. The lowest BCUT2D eigenvalue weighted by Crippen LogP contribution is -2.32. The number of carbonyl (C=O) groups excluding carboxylic acids is 2. The number of aliphatic hydroxyl groups is 1. The Morgan fingerprint density at radius 2 is 2.04 bits per heavy atom. The van der Waals surface area contributed by atoms with Gasteiger partial charge in [-0.3, -0.25) is 14.6 Å². The van der Waals surface area contributed by atoms with Gasteiger partial charge in [0.1, 0.15) is 0 Å². The molecule has 1 aliphatic heterocycles. The van der Waals surface area contributed by atoms with E-state index in [-0.39, 0.29) is 17.9 Å². The predicted molar refractivity (Wildman–Crippen MR) is 101 cm³/mol. The van der Waals surface area contributed by atoms with E-state index in [9.17, 15) is 14.7 Å². The van der Waals surface area contributed by atoms with E-state index >= 15 is 0 Å². The number of amides is 1. The maximum atomic E-state index is 13.0. The molecule has 1 N–H and O–H groups in total. The number of pyridine rings is 1. The first kappa shape index (κ1) is 18.3. The van der Waals surface area contributed by atoms with Crippen LogP contribution in [-0.4, -0.2) is 26.7 Å². The van der Waals surface area contributed by atoms with Crippen molar-refractivity contribution in [2.75, 3.05) is 0 Å². The van der Waals surface area contributed by atoms with E-state index in [0.29, 0.717) is 5.69 Å². The van der Waals surface area contributed by atoms with Crippen LogP contribution in [0.15, 0.2) is 47.2 Å². The molecule has 3 rings (SSSR count). The van der Waals surface area contributed by atoms with Gasteiger partial charge >= 0.3 is 0 Å². The summed E-state index contributed by atoms with van der Waals surface area (Å²) in [7, 11) is 0. The summed E-state index contributed by atoms with van der Waals surface area (Å²) < 4.78 is 0. The van der Waals surface area contributed by atoms with Crippen molar-refractivity contribution in [3.63, 3.8) is 0 Å². The van der Waals surface area contributed by atoms with Crippen molar-refractivity contribution < 1.29 is 14.7 Å². The number of aliphatic hydroxyl groups excluding tert-OH is 1. The average Bonchev–Trinajstić information content (AvgIpc) is 3.10. The van der Waals surface area contributed by atoms with Gasteiger partial charge in [-0.2, -0.15) is 0 Å². The van der Waals surface area contributed by atoms with Gasteiger partial charge in [0.2, 0.25) is 0 Å².